The predicted molar refractivity (Wildman–Crippen MR) is 61.8 cm³/mol. The molecule has 1 saturated heterocycles. The summed E-state index contributed by atoms with van der Waals surface area (Å²) in [6.45, 7) is 6.70. The third-order valence-electron chi connectivity index (χ3n) is 3.05. The first-order chi connectivity index (χ1) is 7.15. The zero-order valence-corrected chi connectivity index (χ0v) is 10.0. The average Bonchev–Trinajstić information content (AvgIpc) is 2.76. The SMILES string of the molecule is CCN(C)C(=O)C(C)NCC1CCCN1. The van der Waals surface area contributed by atoms with Gasteiger partial charge in [-0.2, -0.15) is 0 Å². The van der Waals surface area contributed by atoms with Crippen molar-refractivity contribution in [2.45, 2.75) is 38.8 Å². The highest BCUT2D eigenvalue weighted by Gasteiger charge is 2.19. The van der Waals surface area contributed by atoms with Crippen LogP contribution in [0.15, 0.2) is 0 Å². The van der Waals surface area contributed by atoms with E-state index in [0.717, 1.165) is 19.6 Å². The highest BCUT2D eigenvalue weighted by atomic mass is 16.2. The van der Waals surface area contributed by atoms with E-state index in [-0.39, 0.29) is 11.9 Å². The molecule has 0 aromatic rings. The minimum atomic E-state index is -0.0719. The number of carbonyl (C=O) groups is 1. The summed E-state index contributed by atoms with van der Waals surface area (Å²) < 4.78 is 0. The summed E-state index contributed by atoms with van der Waals surface area (Å²) in [6, 6.07) is 0.476. The van der Waals surface area contributed by atoms with Crippen molar-refractivity contribution in [3.63, 3.8) is 0 Å². The molecule has 1 aliphatic heterocycles. The first kappa shape index (κ1) is 12.5. The van der Waals surface area contributed by atoms with Crippen LogP contribution in [0, 0.1) is 0 Å². The maximum absolute atomic E-state index is 11.7. The molecule has 0 aromatic carbocycles. The van der Waals surface area contributed by atoms with Crippen molar-refractivity contribution < 1.29 is 4.79 Å². The summed E-state index contributed by atoms with van der Waals surface area (Å²) in [6.07, 6.45) is 2.47. The molecule has 2 atom stereocenters. The van der Waals surface area contributed by atoms with E-state index in [1.54, 1.807) is 4.90 Å². The molecule has 0 aromatic heterocycles. The van der Waals surface area contributed by atoms with Gasteiger partial charge in [0.1, 0.15) is 0 Å². The molecule has 4 heteroatoms. The highest BCUT2D eigenvalue weighted by molar-refractivity contribution is 5.81. The molecule has 1 heterocycles. The van der Waals surface area contributed by atoms with Gasteiger partial charge in [0.2, 0.25) is 5.91 Å². The highest BCUT2D eigenvalue weighted by Crippen LogP contribution is 2.03. The lowest BCUT2D eigenvalue weighted by molar-refractivity contribution is -0.131. The fourth-order valence-electron chi connectivity index (χ4n) is 1.82. The molecule has 0 radical (unpaired) electrons. The number of hydrogen-bond acceptors (Lipinski definition) is 3. The van der Waals surface area contributed by atoms with Crippen LogP contribution < -0.4 is 10.6 Å². The number of amides is 1. The molecule has 1 fully saturated rings. The molecule has 0 bridgehead atoms. The molecule has 1 aliphatic rings. The van der Waals surface area contributed by atoms with Gasteiger partial charge in [-0.1, -0.05) is 0 Å². The monoisotopic (exact) mass is 213 g/mol. The second-order valence-electron chi connectivity index (χ2n) is 4.28. The molecular formula is C11H23N3O. The molecule has 88 valence electrons. The lowest BCUT2D eigenvalue weighted by Gasteiger charge is -2.22. The lowest BCUT2D eigenvalue weighted by atomic mass is 10.2. The van der Waals surface area contributed by atoms with Gasteiger partial charge in [-0.05, 0) is 33.2 Å². The van der Waals surface area contributed by atoms with E-state index in [1.807, 2.05) is 20.9 Å². The van der Waals surface area contributed by atoms with Gasteiger partial charge < -0.3 is 15.5 Å². The smallest absolute Gasteiger partial charge is 0.239 e. The largest absolute Gasteiger partial charge is 0.345 e. The number of carbonyl (C=O) groups excluding carboxylic acids is 1. The molecule has 2 unspecified atom stereocenters. The van der Waals surface area contributed by atoms with Crippen molar-refractivity contribution in [1.29, 1.82) is 0 Å². The molecule has 2 N–H and O–H groups in total. The number of likely N-dealkylation sites (N-methyl/N-ethyl adjacent to an activating group) is 1. The Morgan fingerprint density at radius 2 is 2.40 bits per heavy atom. The van der Waals surface area contributed by atoms with Gasteiger partial charge in [-0.25, -0.2) is 0 Å². The van der Waals surface area contributed by atoms with Crippen LogP contribution in [0.4, 0.5) is 0 Å². The zero-order valence-electron chi connectivity index (χ0n) is 10.0. The van der Waals surface area contributed by atoms with Crippen molar-refractivity contribution >= 4 is 5.91 Å². The fraction of sp³-hybridized carbons (Fsp3) is 0.909. The molecule has 15 heavy (non-hydrogen) atoms. The van der Waals surface area contributed by atoms with Crippen molar-refractivity contribution in [2.24, 2.45) is 0 Å². The summed E-state index contributed by atoms with van der Waals surface area (Å²) in [5.74, 6) is 0.176. The Morgan fingerprint density at radius 3 is 2.93 bits per heavy atom. The number of rotatable bonds is 5. The summed E-state index contributed by atoms with van der Waals surface area (Å²) in [7, 11) is 1.84. The van der Waals surface area contributed by atoms with Gasteiger partial charge in [0.25, 0.3) is 0 Å². The van der Waals surface area contributed by atoms with Crippen LogP contribution in [-0.2, 0) is 4.79 Å². The Kier molecular flexibility index (Phi) is 5.05. The average molecular weight is 213 g/mol. The Labute approximate surface area is 92.4 Å². The van der Waals surface area contributed by atoms with E-state index < -0.39 is 0 Å². The molecule has 1 amide bonds. The van der Waals surface area contributed by atoms with Crippen LogP contribution in [0.25, 0.3) is 0 Å². The molecule has 0 saturated carbocycles. The van der Waals surface area contributed by atoms with Gasteiger partial charge in [0, 0.05) is 26.2 Å². The van der Waals surface area contributed by atoms with Gasteiger partial charge in [-0.3, -0.25) is 4.79 Å². The van der Waals surface area contributed by atoms with Gasteiger partial charge in [-0.15, -0.1) is 0 Å². The third kappa shape index (κ3) is 3.80. The summed E-state index contributed by atoms with van der Waals surface area (Å²) in [4.78, 5) is 13.5. The molecular weight excluding hydrogens is 190 g/mol. The number of nitrogens with one attached hydrogen (secondary N) is 2. The minimum absolute atomic E-state index is 0.0719. The maximum atomic E-state index is 11.7. The number of nitrogens with zero attached hydrogens (tertiary/aromatic N) is 1. The van der Waals surface area contributed by atoms with E-state index in [2.05, 4.69) is 10.6 Å². The zero-order chi connectivity index (χ0) is 11.3. The summed E-state index contributed by atoms with van der Waals surface area (Å²) in [5.41, 5.74) is 0. The van der Waals surface area contributed by atoms with Crippen LogP contribution in [-0.4, -0.2) is 49.6 Å². The normalized spacial score (nSPS) is 22.7. The topological polar surface area (TPSA) is 44.4 Å². The van der Waals surface area contributed by atoms with Crippen molar-refractivity contribution in [3.05, 3.63) is 0 Å². The molecule has 1 rings (SSSR count). The maximum Gasteiger partial charge on any atom is 0.239 e. The second-order valence-corrected chi connectivity index (χ2v) is 4.28. The predicted octanol–water partition coefficient (Wildman–Crippen LogP) is 0.195. The lowest BCUT2D eigenvalue weighted by Crippen LogP contribution is -2.46. The third-order valence-corrected chi connectivity index (χ3v) is 3.05. The second kappa shape index (κ2) is 6.08. The van der Waals surface area contributed by atoms with Crippen LogP contribution in [0.2, 0.25) is 0 Å². The number of hydrogen-bond donors (Lipinski definition) is 2. The molecule has 0 aliphatic carbocycles. The quantitative estimate of drug-likeness (QED) is 0.685. The first-order valence-corrected chi connectivity index (χ1v) is 5.87. The van der Waals surface area contributed by atoms with Crippen molar-refractivity contribution in [1.82, 2.24) is 15.5 Å². The Hall–Kier alpha value is -0.610. The minimum Gasteiger partial charge on any atom is -0.345 e. The Balaban J connectivity index is 2.22. The van der Waals surface area contributed by atoms with Gasteiger partial charge in [0.05, 0.1) is 6.04 Å². The Morgan fingerprint density at radius 1 is 1.67 bits per heavy atom. The molecule has 4 nitrogen and oxygen atoms in total. The van der Waals surface area contributed by atoms with E-state index in [9.17, 15) is 4.79 Å². The summed E-state index contributed by atoms with van der Waals surface area (Å²) >= 11 is 0. The fourth-order valence-corrected chi connectivity index (χ4v) is 1.82. The van der Waals surface area contributed by atoms with E-state index in [0.29, 0.717) is 6.04 Å². The van der Waals surface area contributed by atoms with Crippen LogP contribution in [0.5, 0.6) is 0 Å². The van der Waals surface area contributed by atoms with E-state index in [1.165, 1.54) is 12.8 Å². The van der Waals surface area contributed by atoms with E-state index in [4.69, 9.17) is 0 Å². The van der Waals surface area contributed by atoms with Crippen molar-refractivity contribution in [3.8, 4) is 0 Å². The molecule has 0 spiro atoms. The van der Waals surface area contributed by atoms with Crippen LogP contribution >= 0.6 is 0 Å². The summed E-state index contributed by atoms with van der Waals surface area (Å²) in [5, 5.41) is 6.69. The van der Waals surface area contributed by atoms with Crippen LogP contribution in [0.1, 0.15) is 26.7 Å². The van der Waals surface area contributed by atoms with Crippen molar-refractivity contribution in [2.75, 3.05) is 26.7 Å². The van der Waals surface area contributed by atoms with Gasteiger partial charge >= 0.3 is 0 Å². The van der Waals surface area contributed by atoms with Crippen LogP contribution in [0.3, 0.4) is 0 Å². The standard InChI is InChI=1S/C11H23N3O/c1-4-14(3)11(15)9(2)13-8-10-6-5-7-12-10/h9-10,12-13H,4-8H2,1-3H3. The Bertz CT molecular complexity index is 202. The first-order valence-electron chi connectivity index (χ1n) is 5.87. The van der Waals surface area contributed by atoms with E-state index >= 15 is 0 Å². The van der Waals surface area contributed by atoms with Gasteiger partial charge in [0.15, 0.2) is 0 Å².